The first kappa shape index (κ1) is 11.4. The topological polar surface area (TPSA) is 56.7 Å². The summed E-state index contributed by atoms with van der Waals surface area (Å²) in [6, 6.07) is 4.75. The lowest BCUT2D eigenvalue weighted by Gasteiger charge is -2.09. The number of hydrogen-bond donors (Lipinski definition) is 1. The third-order valence-electron chi connectivity index (χ3n) is 2.30. The monoisotopic (exact) mass is 242 g/mol. The van der Waals surface area contributed by atoms with E-state index in [1.165, 1.54) is 16.8 Å². The fraction of sp³-hybridized carbons (Fsp3) is 0.200. The molecule has 0 unspecified atom stereocenters. The Morgan fingerprint density at radius 3 is 2.53 bits per heavy atom. The van der Waals surface area contributed by atoms with Gasteiger partial charge in [0.05, 0.1) is 11.3 Å². The van der Waals surface area contributed by atoms with Gasteiger partial charge in [-0.15, -0.1) is 5.10 Å². The van der Waals surface area contributed by atoms with Crippen molar-refractivity contribution >= 4 is 5.82 Å². The van der Waals surface area contributed by atoms with Gasteiger partial charge in [-0.3, -0.25) is 0 Å². The molecular formula is C10H9F3N4. The number of anilines is 1. The molecule has 0 fully saturated rings. The van der Waals surface area contributed by atoms with Crippen molar-refractivity contribution in [3.05, 3.63) is 35.5 Å². The number of nitrogens with two attached hydrogens (primary N) is 1. The predicted molar refractivity (Wildman–Crippen MR) is 55.5 cm³/mol. The molecular weight excluding hydrogens is 233 g/mol. The highest BCUT2D eigenvalue weighted by Crippen LogP contribution is 2.30. The summed E-state index contributed by atoms with van der Waals surface area (Å²) < 4.78 is 38.7. The van der Waals surface area contributed by atoms with Crippen molar-refractivity contribution in [1.29, 1.82) is 0 Å². The van der Waals surface area contributed by atoms with E-state index in [4.69, 9.17) is 5.73 Å². The van der Waals surface area contributed by atoms with Gasteiger partial charge >= 0.3 is 6.18 Å². The first-order valence-corrected chi connectivity index (χ1v) is 4.75. The summed E-state index contributed by atoms with van der Waals surface area (Å²) in [6.07, 6.45) is -4.39. The van der Waals surface area contributed by atoms with Crippen molar-refractivity contribution in [3.8, 4) is 5.69 Å². The molecule has 1 aromatic carbocycles. The van der Waals surface area contributed by atoms with Crippen LogP contribution in [0.1, 0.15) is 11.3 Å². The van der Waals surface area contributed by atoms with Crippen molar-refractivity contribution in [1.82, 2.24) is 15.0 Å². The van der Waals surface area contributed by atoms with Crippen LogP contribution in [0.15, 0.2) is 24.3 Å². The molecule has 0 spiro atoms. The molecule has 2 rings (SSSR count). The summed E-state index contributed by atoms with van der Waals surface area (Å²) in [7, 11) is 0. The molecule has 2 aromatic rings. The van der Waals surface area contributed by atoms with Crippen LogP contribution in [0, 0.1) is 6.92 Å². The Morgan fingerprint density at radius 2 is 2.00 bits per heavy atom. The minimum absolute atomic E-state index is 0.226. The highest BCUT2D eigenvalue weighted by atomic mass is 19.4. The van der Waals surface area contributed by atoms with Gasteiger partial charge in [-0.05, 0) is 25.1 Å². The van der Waals surface area contributed by atoms with E-state index in [1.807, 2.05) is 0 Å². The minimum Gasteiger partial charge on any atom is -0.382 e. The lowest BCUT2D eigenvalue weighted by Crippen LogP contribution is -2.08. The summed E-state index contributed by atoms with van der Waals surface area (Å²) in [4.78, 5) is 0. The maximum atomic E-state index is 12.5. The molecule has 0 atom stereocenters. The Bertz CT molecular complexity index is 545. The van der Waals surface area contributed by atoms with E-state index in [0.717, 1.165) is 12.1 Å². The molecule has 0 saturated carbocycles. The molecule has 0 aliphatic rings. The Hall–Kier alpha value is -2.05. The zero-order chi connectivity index (χ0) is 12.6. The van der Waals surface area contributed by atoms with Crippen molar-refractivity contribution in [2.24, 2.45) is 0 Å². The van der Waals surface area contributed by atoms with E-state index in [-0.39, 0.29) is 11.5 Å². The van der Waals surface area contributed by atoms with Gasteiger partial charge in [-0.2, -0.15) is 17.9 Å². The van der Waals surface area contributed by atoms with Crippen LogP contribution in [0.5, 0.6) is 0 Å². The number of halogens is 3. The molecule has 2 N–H and O–H groups in total. The molecule has 0 bridgehead atoms. The average Bonchev–Trinajstić information content (AvgIpc) is 2.59. The van der Waals surface area contributed by atoms with Crippen LogP contribution in [0.2, 0.25) is 0 Å². The molecule has 4 nitrogen and oxygen atoms in total. The average molecular weight is 242 g/mol. The second-order valence-electron chi connectivity index (χ2n) is 3.52. The van der Waals surface area contributed by atoms with Crippen LogP contribution in [0.4, 0.5) is 19.0 Å². The molecule has 1 heterocycles. The SMILES string of the molecule is Cc1nnn(-c2cccc(C(F)(F)F)c2)c1N. The third kappa shape index (κ3) is 2.08. The standard InChI is InChI=1S/C10H9F3N4/c1-6-9(14)17(16-15-6)8-4-2-3-7(5-8)10(11,12)13/h2-5H,14H2,1H3. The summed E-state index contributed by atoms with van der Waals surface area (Å²) in [6.45, 7) is 1.63. The summed E-state index contributed by atoms with van der Waals surface area (Å²) >= 11 is 0. The Morgan fingerprint density at radius 1 is 1.29 bits per heavy atom. The van der Waals surface area contributed by atoms with E-state index < -0.39 is 11.7 Å². The van der Waals surface area contributed by atoms with Crippen LogP contribution in [-0.4, -0.2) is 15.0 Å². The quantitative estimate of drug-likeness (QED) is 0.833. The smallest absolute Gasteiger partial charge is 0.382 e. The molecule has 0 radical (unpaired) electrons. The van der Waals surface area contributed by atoms with Crippen LogP contribution < -0.4 is 5.73 Å². The number of aromatic nitrogens is 3. The highest BCUT2D eigenvalue weighted by molar-refractivity contribution is 5.45. The lowest BCUT2D eigenvalue weighted by atomic mass is 10.2. The Kier molecular flexibility index (Phi) is 2.53. The zero-order valence-electron chi connectivity index (χ0n) is 8.86. The number of nitrogens with zero attached hydrogens (tertiary/aromatic N) is 3. The molecule has 0 amide bonds. The number of aryl methyl sites for hydroxylation is 1. The minimum atomic E-state index is -4.39. The maximum Gasteiger partial charge on any atom is 0.416 e. The van der Waals surface area contributed by atoms with E-state index in [1.54, 1.807) is 6.92 Å². The van der Waals surface area contributed by atoms with Crippen LogP contribution >= 0.6 is 0 Å². The first-order valence-electron chi connectivity index (χ1n) is 4.75. The normalized spacial score (nSPS) is 11.8. The van der Waals surface area contributed by atoms with Crippen molar-refractivity contribution in [3.63, 3.8) is 0 Å². The van der Waals surface area contributed by atoms with Gasteiger partial charge in [-0.25, -0.2) is 0 Å². The molecule has 0 saturated heterocycles. The summed E-state index contributed by atoms with van der Waals surface area (Å²) in [5, 5.41) is 7.37. The largest absolute Gasteiger partial charge is 0.416 e. The molecule has 7 heteroatoms. The van der Waals surface area contributed by atoms with E-state index >= 15 is 0 Å². The van der Waals surface area contributed by atoms with Gasteiger partial charge in [0.25, 0.3) is 0 Å². The van der Waals surface area contributed by atoms with Crippen LogP contribution in [-0.2, 0) is 6.18 Å². The fourth-order valence-corrected chi connectivity index (χ4v) is 1.37. The van der Waals surface area contributed by atoms with Gasteiger partial charge in [0, 0.05) is 0 Å². The molecule has 90 valence electrons. The first-order chi connectivity index (χ1) is 7.89. The number of benzene rings is 1. The van der Waals surface area contributed by atoms with Gasteiger partial charge in [0.15, 0.2) is 5.82 Å². The lowest BCUT2D eigenvalue weighted by molar-refractivity contribution is -0.137. The maximum absolute atomic E-state index is 12.5. The van der Waals surface area contributed by atoms with Crippen molar-refractivity contribution < 1.29 is 13.2 Å². The summed E-state index contributed by atoms with van der Waals surface area (Å²) in [5.41, 5.74) is 5.61. The van der Waals surface area contributed by atoms with Crippen LogP contribution in [0.3, 0.4) is 0 Å². The Balaban J connectivity index is 2.51. The van der Waals surface area contributed by atoms with E-state index in [9.17, 15) is 13.2 Å². The van der Waals surface area contributed by atoms with Gasteiger partial charge in [0.2, 0.25) is 0 Å². The van der Waals surface area contributed by atoms with Gasteiger partial charge in [-0.1, -0.05) is 11.3 Å². The van der Waals surface area contributed by atoms with E-state index in [2.05, 4.69) is 10.3 Å². The predicted octanol–water partition coefficient (Wildman–Crippen LogP) is 2.18. The number of alkyl halides is 3. The second kappa shape index (κ2) is 3.76. The fourth-order valence-electron chi connectivity index (χ4n) is 1.37. The van der Waals surface area contributed by atoms with Gasteiger partial charge < -0.3 is 5.73 Å². The molecule has 1 aromatic heterocycles. The number of rotatable bonds is 1. The number of hydrogen-bond acceptors (Lipinski definition) is 3. The van der Waals surface area contributed by atoms with Gasteiger partial charge in [0.1, 0.15) is 5.69 Å². The van der Waals surface area contributed by atoms with Crippen molar-refractivity contribution in [2.45, 2.75) is 13.1 Å². The molecule has 0 aliphatic heterocycles. The summed E-state index contributed by atoms with van der Waals surface area (Å²) in [5.74, 6) is 0.226. The second-order valence-corrected chi connectivity index (χ2v) is 3.52. The third-order valence-corrected chi connectivity index (χ3v) is 2.30. The molecule has 17 heavy (non-hydrogen) atoms. The highest BCUT2D eigenvalue weighted by Gasteiger charge is 2.30. The van der Waals surface area contributed by atoms with Crippen molar-refractivity contribution in [2.75, 3.05) is 5.73 Å². The zero-order valence-corrected chi connectivity index (χ0v) is 8.86. The van der Waals surface area contributed by atoms with Crippen LogP contribution in [0.25, 0.3) is 5.69 Å². The van der Waals surface area contributed by atoms with E-state index in [0.29, 0.717) is 5.69 Å². The molecule has 0 aliphatic carbocycles. The number of nitrogen functional groups attached to an aromatic ring is 1. The Labute approximate surface area is 94.9 Å².